The van der Waals surface area contributed by atoms with Gasteiger partial charge >= 0.3 is 5.69 Å². The van der Waals surface area contributed by atoms with Crippen LogP contribution in [-0.2, 0) is 23.2 Å². The molecule has 1 aromatic heterocycles. The summed E-state index contributed by atoms with van der Waals surface area (Å²) in [7, 11) is 3.25. The Morgan fingerprint density at radius 3 is 2.53 bits per heavy atom. The molecule has 1 aliphatic heterocycles. The molecule has 2 aromatic carbocycles. The number of rotatable bonds is 7. The summed E-state index contributed by atoms with van der Waals surface area (Å²) in [4.78, 5) is 39.1. The summed E-state index contributed by atoms with van der Waals surface area (Å²) >= 11 is 0. The van der Waals surface area contributed by atoms with E-state index in [1.54, 1.807) is 31.2 Å². The van der Waals surface area contributed by atoms with Crippen LogP contribution in [0.5, 0.6) is 5.75 Å². The van der Waals surface area contributed by atoms with Gasteiger partial charge in [0.15, 0.2) is 5.82 Å². The van der Waals surface area contributed by atoms with Crippen molar-refractivity contribution in [2.75, 3.05) is 25.1 Å². The van der Waals surface area contributed by atoms with Crippen molar-refractivity contribution in [1.82, 2.24) is 19.7 Å². The van der Waals surface area contributed by atoms with Crippen LogP contribution in [0.4, 0.5) is 5.69 Å². The van der Waals surface area contributed by atoms with E-state index in [1.165, 1.54) is 9.25 Å². The van der Waals surface area contributed by atoms with E-state index in [-0.39, 0.29) is 37.0 Å². The number of para-hydroxylation sites is 1. The Hall–Kier alpha value is -3.88. The van der Waals surface area contributed by atoms with E-state index in [9.17, 15) is 14.4 Å². The van der Waals surface area contributed by atoms with Crippen molar-refractivity contribution in [1.29, 1.82) is 0 Å². The predicted molar refractivity (Wildman–Crippen MR) is 119 cm³/mol. The second kappa shape index (κ2) is 9.09. The third kappa shape index (κ3) is 4.27. The minimum Gasteiger partial charge on any atom is -0.497 e. The number of carbonyl (C=O) groups is 2. The maximum absolute atomic E-state index is 12.6. The maximum Gasteiger partial charge on any atom is 0.345 e. The van der Waals surface area contributed by atoms with Gasteiger partial charge in [0.1, 0.15) is 5.75 Å². The molecule has 32 heavy (non-hydrogen) atoms. The zero-order chi connectivity index (χ0) is 22.7. The van der Waals surface area contributed by atoms with Gasteiger partial charge in [0.25, 0.3) is 0 Å². The number of anilines is 1. The SMILES string of the molecule is COc1ccc(-c2nn(CCNC(=O)C3CC(=O)N(c4ccccc4)C3)c(=O)n2C)cc1. The fraction of sp³-hybridized carbons (Fsp3) is 0.304. The Morgan fingerprint density at radius 2 is 1.84 bits per heavy atom. The van der Waals surface area contributed by atoms with Gasteiger partial charge in [-0.3, -0.25) is 14.2 Å². The maximum atomic E-state index is 12.6. The molecule has 0 bridgehead atoms. The van der Waals surface area contributed by atoms with E-state index in [0.717, 1.165) is 17.0 Å². The molecule has 9 heteroatoms. The Balaban J connectivity index is 1.36. The number of nitrogens with one attached hydrogen (secondary N) is 1. The van der Waals surface area contributed by atoms with Crippen molar-refractivity contribution >= 4 is 17.5 Å². The van der Waals surface area contributed by atoms with E-state index in [1.807, 2.05) is 42.5 Å². The molecule has 1 N–H and O–H groups in total. The highest BCUT2D eigenvalue weighted by Gasteiger charge is 2.34. The highest BCUT2D eigenvalue weighted by Crippen LogP contribution is 2.25. The first kappa shape index (κ1) is 21.4. The summed E-state index contributed by atoms with van der Waals surface area (Å²) in [6.45, 7) is 0.825. The van der Waals surface area contributed by atoms with Crippen molar-refractivity contribution in [3.8, 4) is 17.1 Å². The predicted octanol–water partition coefficient (Wildman–Crippen LogP) is 1.43. The Bertz CT molecular complexity index is 1170. The van der Waals surface area contributed by atoms with Gasteiger partial charge in [-0.25, -0.2) is 9.48 Å². The molecular weight excluding hydrogens is 410 g/mol. The normalized spacial score (nSPS) is 15.8. The number of amides is 2. The highest BCUT2D eigenvalue weighted by atomic mass is 16.5. The molecule has 0 saturated carbocycles. The Morgan fingerprint density at radius 1 is 1.12 bits per heavy atom. The standard InChI is InChI=1S/C23H25N5O4/c1-26-21(16-8-10-19(32-2)11-9-16)25-28(23(26)31)13-12-24-22(30)17-14-20(29)27(15-17)18-6-4-3-5-7-18/h3-11,17H,12-15H2,1-2H3,(H,24,30). The number of nitrogens with zero attached hydrogens (tertiary/aromatic N) is 4. The van der Waals surface area contributed by atoms with Crippen molar-refractivity contribution < 1.29 is 14.3 Å². The van der Waals surface area contributed by atoms with Crippen molar-refractivity contribution in [3.05, 3.63) is 65.1 Å². The molecule has 9 nitrogen and oxygen atoms in total. The first-order valence-electron chi connectivity index (χ1n) is 10.4. The van der Waals surface area contributed by atoms with Gasteiger partial charge in [-0.2, -0.15) is 0 Å². The van der Waals surface area contributed by atoms with Crippen LogP contribution in [0.15, 0.2) is 59.4 Å². The molecule has 0 spiro atoms. The second-order valence-electron chi connectivity index (χ2n) is 7.65. The third-order valence-electron chi connectivity index (χ3n) is 5.58. The monoisotopic (exact) mass is 435 g/mol. The lowest BCUT2D eigenvalue weighted by molar-refractivity contribution is -0.126. The largest absolute Gasteiger partial charge is 0.497 e. The van der Waals surface area contributed by atoms with Gasteiger partial charge in [0.2, 0.25) is 11.8 Å². The van der Waals surface area contributed by atoms with Gasteiger partial charge in [-0.15, -0.1) is 5.10 Å². The molecule has 3 aromatic rings. The number of aromatic nitrogens is 3. The highest BCUT2D eigenvalue weighted by molar-refractivity contribution is 6.00. The molecule has 166 valence electrons. The lowest BCUT2D eigenvalue weighted by atomic mass is 10.1. The van der Waals surface area contributed by atoms with Gasteiger partial charge in [-0.05, 0) is 36.4 Å². The van der Waals surface area contributed by atoms with E-state index in [0.29, 0.717) is 12.4 Å². The molecule has 1 aliphatic rings. The number of ether oxygens (including phenoxy) is 1. The van der Waals surface area contributed by atoms with Crippen molar-refractivity contribution in [2.45, 2.75) is 13.0 Å². The first-order valence-corrected chi connectivity index (χ1v) is 10.4. The van der Waals surface area contributed by atoms with Gasteiger partial charge in [0.05, 0.1) is 19.6 Å². The number of benzene rings is 2. The van der Waals surface area contributed by atoms with E-state index >= 15 is 0 Å². The zero-order valence-electron chi connectivity index (χ0n) is 18.0. The fourth-order valence-electron chi connectivity index (χ4n) is 3.80. The van der Waals surface area contributed by atoms with Gasteiger partial charge in [-0.1, -0.05) is 18.2 Å². The van der Waals surface area contributed by atoms with E-state index < -0.39 is 5.92 Å². The average molecular weight is 435 g/mol. The van der Waals surface area contributed by atoms with Gasteiger partial charge < -0.3 is 15.0 Å². The van der Waals surface area contributed by atoms with Crippen LogP contribution in [-0.4, -0.2) is 46.4 Å². The minimum atomic E-state index is -0.418. The smallest absolute Gasteiger partial charge is 0.345 e. The topological polar surface area (TPSA) is 98.5 Å². The average Bonchev–Trinajstić information content (AvgIpc) is 3.35. The summed E-state index contributed by atoms with van der Waals surface area (Å²) in [5.74, 6) is 0.566. The van der Waals surface area contributed by atoms with Crippen LogP contribution in [0.25, 0.3) is 11.4 Å². The number of methoxy groups -OCH3 is 1. The molecule has 1 atom stereocenters. The zero-order valence-corrected chi connectivity index (χ0v) is 18.0. The molecule has 1 unspecified atom stereocenters. The first-order chi connectivity index (χ1) is 15.5. The van der Waals surface area contributed by atoms with Crippen LogP contribution >= 0.6 is 0 Å². The molecule has 1 fully saturated rings. The number of carbonyl (C=O) groups excluding carboxylic acids is 2. The molecule has 1 saturated heterocycles. The summed E-state index contributed by atoms with van der Waals surface area (Å²) in [6.07, 6.45) is 0.173. The van der Waals surface area contributed by atoms with Gasteiger partial charge in [0, 0.05) is 37.8 Å². The summed E-state index contributed by atoms with van der Waals surface area (Å²) in [6, 6.07) is 16.6. The Labute approximate surface area is 185 Å². The molecule has 2 amide bonds. The summed E-state index contributed by atoms with van der Waals surface area (Å²) < 4.78 is 7.96. The van der Waals surface area contributed by atoms with Crippen LogP contribution < -0.4 is 20.6 Å². The lowest BCUT2D eigenvalue weighted by Crippen LogP contribution is -2.36. The van der Waals surface area contributed by atoms with Crippen LogP contribution in [0.3, 0.4) is 0 Å². The van der Waals surface area contributed by atoms with Crippen molar-refractivity contribution in [2.24, 2.45) is 13.0 Å². The lowest BCUT2D eigenvalue weighted by Gasteiger charge is -2.16. The Kier molecular flexibility index (Phi) is 6.07. The molecule has 0 radical (unpaired) electrons. The minimum absolute atomic E-state index is 0.0681. The van der Waals surface area contributed by atoms with Crippen LogP contribution in [0.2, 0.25) is 0 Å². The van der Waals surface area contributed by atoms with Crippen molar-refractivity contribution in [3.63, 3.8) is 0 Å². The fourth-order valence-corrected chi connectivity index (χ4v) is 3.80. The molecule has 4 rings (SSSR count). The van der Waals surface area contributed by atoms with E-state index in [2.05, 4.69) is 10.4 Å². The van der Waals surface area contributed by atoms with Crippen LogP contribution in [0, 0.1) is 5.92 Å². The second-order valence-corrected chi connectivity index (χ2v) is 7.65. The molecular formula is C23H25N5O4. The third-order valence-corrected chi connectivity index (χ3v) is 5.58. The number of hydrogen-bond acceptors (Lipinski definition) is 5. The van der Waals surface area contributed by atoms with E-state index in [4.69, 9.17) is 4.74 Å². The van der Waals surface area contributed by atoms with Crippen LogP contribution in [0.1, 0.15) is 6.42 Å². The summed E-state index contributed by atoms with van der Waals surface area (Å²) in [5.41, 5.74) is 1.31. The summed E-state index contributed by atoms with van der Waals surface area (Å²) in [5, 5.41) is 7.24. The number of hydrogen-bond donors (Lipinski definition) is 1. The molecule has 2 heterocycles. The quantitative estimate of drug-likeness (QED) is 0.605. The molecule has 0 aliphatic carbocycles.